The smallest absolute Gasteiger partial charge is 0.315 e. The second-order valence-corrected chi connectivity index (χ2v) is 7.16. The number of piperidine rings is 1. The van der Waals surface area contributed by atoms with Crippen molar-refractivity contribution in [1.29, 1.82) is 0 Å². The number of carbonyl (C=O) groups is 1. The van der Waals surface area contributed by atoms with Crippen LogP contribution in [0.5, 0.6) is 0 Å². The number of likely N-dealkylation sites (tertiary alicyclic amines) is 1. The molecule has 1 saturated heterocycles. The molecule has 24 heavy (non-hydrogen) atoms. The van der Waals surface area contributed by atoms with E-state index in [1.807, 2.05) is 24.8 Å². The molecule has 2 amide bonds. The van der Waals surface area contributed by atoms with Crippen molar-refractivity contribution in [3.63, 3.8) is 0 Å². The van der Waals surface area contributed by atoms with Crippen molar-refractivity contribution in [3.8, 4) is 0 Å². The molecule has 2 aromatic rings. The van der Waals surface area contributed by atoms with E-state index in [9.17, 15) is 4.79 Å². The molecule has 1 aliphatic heterocycles. The lowest BCUT2D eigenvalue weighted by atomic mass is 10.0. The van der Waals surface area contributed by atoms with Crippen LogP contribution in [0.25, 0.3) is 0 Å². The predicted octanol–water partition coefficient (Wildman–Crippen LogP) is 4.48. The Labute approximate surface area is 147 Å². The third kappa shape index (κ3) is 3.43. The first-order chi connectivity index (χ1) is 11.6. The molecule has 1 atom stereocenters. The number of hydrogen-bond acceptors (Lipinski definition) is 4. The molecule has 1 N–H and O–H groups in total. The van der Waals surface area contributed by atoms with Crippen LogP contribution in [0.4, 0.5) is 10.5 Å². The molecule has 1 aliphatic rings. The van der Waals surface area contributed by atoms with E-state index in [0.29, 0.717) is 0 Å². The van der Waals surface area contributed by atoms with Crippen LogP contribution in [-0.4, -0.2) is 27.4 Å². The van der Waals surface area contributed by atoms with Crippen molar-refractivity contribution in [2.24, 2.45) is 0 Å². The van der Waals surface area contributed by atoms with Crippen LogP contribution in [-0.2, 0) is 6.42 Å². The van der Waals surface area contributed by atoms with Gasteiger partial charge in [0.2, 0.25) is 0 Å². The predicted molar refractivity (Wildman–Crippen MR) is 97.5 cm³/mol. The molecule has 0 bridgehead atoms. The highest BCUT2D eigenvalue weighted by atomic mass is 32.1. The minimum Gasteiger partial charge on any atom is -0.315 e. The monoisotopic (exact) mass is 344 g/mol. The van der Waals surface area contributed by atoms with Crippen molar-refractivity contribution in [2.75, 3.05) is 11.9 Å². The van der Waals surface area contributed by atoms with Crippen LogP contribution in [0, 0.1) is 13.8 Å². The van der Waals surface area contributed by atoms with Gasteiger partial charge in [0.25, 0.3) is 0 Å². The summed E-state index contributed by atoms with van der Waals surface area (Å²) in [5.74, 6) is 0. The largest absolute Gasteiger partial charge is 0.322 e. The lowest BCUT2D eigenvalue weighted by Crippen LogP contribution is -2.41. The van der Waals surface area contributed by atoms with Crippen LogP contribution >= 0.6 is 11.3 Å². The second kappa shape index (κ2) is 7.30. The van der Waals surface area contributed by atoms with Gasteiger partial charge in [-0.3, -0.25) is 4.98 Å². The number of anilines is 1. The van der Waals surface area contributed by atoms with Gasteiger partial charge in [-0.1, -0.05) is 6.92 Å². The van der Waals surface area contributed by atoms with Gasteiger partial charge in [0, 0.05) is 23.8 Å². The summed E-state index contributed by atoms with van der Waals surface area (Å²) in [5, 5.41) is 6.21. The fourth-order valence-electron chi connectivity index (χ4n) is 3.19. The van der Waals surface area contributed by atoms with Crippen molar-refractivity contribution < 1.29 is 4.79 Å². The molecule has 0 spiro atoms. The summed E-state index contributed by atoms with van der Waals surface area (Å²) < 4.78 is 0. The van der Waals surface area contributed by atoms with Crippen molar-refractivity contribution >= 4 is 23.1 Å². The zero-order valence-corrected chi connectivity index (χ0v) is 15.3. The molecule has 0 aromatic carbocycles. The highest BCUT2D eigenvalue weighted by Gasteiger charge is 2.30. The van der Waals surface area contributed by atoms with Gasteiger partial charge in [-0.05, 0) is 51.2 Å². The summed E-state index contributed by atoms with van der Waals surface area (Å²) in [6.07, 6.45) is 5.76. The maximum atomic E-state index is 12.9. The number of pyridine rings is 1. The molecule has 0 saturated carbocycles. The number of amides is 2. The molecule has 128 valence electrons. The van der Waals surface area contributed by atoms with E-state index in [0.717, 1.165) is 59.9 Å². The normalized spacial score (nSPS) is 17.8. The van der Waals surface area contributed by atoms with Gasteiger partial charge in [-0.2, -0.15) is 0 Å². The minimum absolute atomic E-state index is 0.0432. The number of carbonyl (C=O) groups excluding carboxylic acids is 1. The first-order valence-electron chi connectivity index (χ1n) is 8.54. The third-order valence-corrected chi connectivity index (χ3v) is 5.55. The number of nitrogens with one attached hydrogen (secondary N) is 1. The molecule has 3 heterocycles. The SMILES string of the molecule is CCc1nccc(C)c1NC(=O)N1CCCCC1c1nc(C)cs1. The van der Waals surface area contributed by atoms with Crippen molar-refractivity contribution in [2.45, 2.75) is 52.5 Å². The Balaban J connectivity index is 1.83. The number of nitrogens with zero attached hydrogens (tertiary/aromatic N) is 3. The molecule has 0 aliphatic carbocycles. The molecule has 3 rings (SSSR count). The molecular formula is C18H24N4OS. The van der Waals surface area contributed by atoms with E-state index in [-0.39, 0.29) is 12.1 Å². The zero-order chi connectivity index (χ0) is 17.1. The van der Waals surface area contributed by atoms with Gasteiger partial charge in [-0.15, -0.1) is 11.3 Å². The maximum absolute atomic E-state index is 12.9. The molecule has 5 nitrogen and oxygen atoms in total. The summed E-state index contributed by atoms with van der Waals surface area (Å²) in [6.45, 7) is 6.84. The molecule has 1 unspecified atom stereocenters. The van der Waals surface area contributed by atoms with Crippen LogP contribution in [0.2, 0.25) is 0 Å². The Hall–Kier alpha value is -1.95. The first-order valence-corrected chi connectivity index (χ1v) is 9.42. The molecule has 0 radical (unpaired) electrons. The molecule has 1 fully saturated rings. The average Bonchev–Trinajstić information content (AvgIpc) is 3.03. The van der Waals surface area contributed by atoms with Gasteiger partial charge in [0.1, 0.15) is 5.01 Å². The summed E-state index contributed by atoms with van der Waals surface area (Å²) in [5.41, 5.74) is 3.86. The Kier molecular flexibility index (Phi) is 5.14. The number of rotatable bonds is 3. The number of urea groups is 1. The zero-order valence-electron chi connectivity index (χ0n) is 14.5. The average molecular weight is 344 g/mol. The van der Waals surface area contributed by atoms with Gasteiger partial charge >= 0.3 is 6.03 Å². The fraction of sp³-hybridized carbons (Fsp3) is 0.500. The summed E-state index contributed by atoms with van der Waals surface area (Å²) in [6, 6.07) is 1.98. The lowest BCUT2D eigenvalue weighted by molar-refractivity contribution is 0.163. The van der Waals surface area contributed by atoms with Crippen LogP contribution < -0.4 is 5.32 Å². The van der Waals surface area contributed by atoms with E-state index in [4.69, 9.17) is 0 Å². The Bertz CT molecular complexity index is 728. The van der Waals surface area contributed by atoms with Crippen molar-refractivity contribution in [1.82, 2.24) is 14.9 Å². The van der Waals surface area contributed by atoms with E-state index in [1.54, 1.807) is 17.5 Å². The summed E-state index contributed by atoms with van der Waals surface area (Å²) in [4.78, 5) is 23.9. The Morgan fingerprint density at radius 3 is 2.96 bits per heavy atom. The number of aryl methyl sites for hydroxylation is 3. The van der Waals surface area contributed by atoms with E-state index in [2.05, 4.69) is 27.6 Å². The van der Waals surface area contributed by atoms with E-state index >= 15 is 0 Å². The van der Waals surface area contributed by atoms with Gasteiger partial charge in [0.05, 0.1) is 17.4 Å². The highest BCUT2D eigenvalue weighted by molar-refractivity contribution is 7.09. The third-order valence-electron chi connectivity index (χ3n) is 4.49. The first kappa shape index (κ1) is 16.9. The van der Waals surface area contributed by atoms with Gasteiger partial charge in [0.15, 0.2) is 0 Å². The number of aromatic nitrogens is 2. The topological polar surface area (TPSA) is 58.1 Å². The van der Waals surface area contributed by atoms with Gasteiger partial charge in [-0.25, -0.2) is 9.78 Å². The van der Waals surface area contributed by atoms with E-state index in [1.165, 1.54) is 0 Å². The van der Waals surface area contributed by atoms with Crippen LogP contribution in [0.3, 0.4) is 0 Å². The maximum Gasteiger partial charge on any atom is 0.322 e. The van der Waals surface area contributed by atoms with E-state index < -0.39 is 0 Å². The van der Waals surface area contributed by atoms with Gasteiger partial charge < -0.3 is 10.2 Å². The summed E-state index contributed by atoms with van der Waals surface area (Å²) >= 11 is 1.65. The minimum atomic E-state index is -0.0432. The Morgan fingerprint density at radius 2 is 2.25 bits per heavy atom. The highest BCUT2D eigenvalue weighted by Crippen LogP contribution is 2.33. The standard InChI is InChI=1S/C18H24N4OS/c1-4-14-16(12(2)8-9-19-14)21-18(23)22-10-6-5-7-15(22)17-20-13(3)11-24-17/h8-9,11,15H,4-7,10H2,1-3H3,(H,21,23). The molecule has 6 heteroatoms. The Morgan fingerprint density at radius 1 is 1.42 bits per heavy atom. The summed E-state index contributed by atoms with van der Waals surface area (Å²) in [7, 11) is 0. The molecule has 2 aromatic heterocycles. The molecular weight excluding hydrogens is 320 g/mol. The quantitative estimate of drug-likeness (QED) is 0.893. The second-order valence-electron chi connectivity index (χ2n) is 6.27. The van der Waals surface area contributed by atoms with Crippen molar-refractivity contribution in [3.05, 3.63) is 39.6 Å². The fourth-order valence-corrected chi connectivity index (χ4v) is 4.13. The van der Waals surface area contributed by atoms with Crippen LogP contribution in [0.15, 0.2) is 17.6 Å². The van der Waals surface area contributed by atoms with Crippen LogP contribution in [0.1, 0.15) is 54.2 Å². The number of thiazole rings is 1. The lowest BCUT2D eigenvalue weighted by Gasteiger charge is -2.34. The number of hydrogen-bond donors (Lipinski definition) is 1.